The van der Waals surface area contributed by atoms with Crippen molar-refractivity contribution in [2.45, 2.75) is 12.5 Å². The van der Waals surface area contributed by atoms with Crippen LogP contribution in [-0.4, -0.2) is 15.0 Å². The van der Waals surface area contributed by atoms with Crippen molar-refractivity contribution >= 4 is 15.9 Å². The van der Waals surface area contributed by atoms with Gasteiger partial charge in [-0.15, -0.1) is 5.10 Å². The Labute approximate surface area is 107 Å². The van der Waals surface area contributed by atoms with Crippen LogP contribution in [0.1, 0.15) is 17.3 Å². The highest BCUT2D eigenvalue weighted by atomic mass is 79.9. The molecule has 0 saturated carbocycles. The zero-order chi connectivity index (χ0) is 12.4. The third-order valence-electron chi connectivity index (χ3n) is 2.44. The van der Waals surface area contributed by atoms with Gasteiger partial charge in [0.05, 0.1) is 5.69 Å². The molecular weight excluding hydrogens is 287 g/mol. The van der Waals surface area contributed by atoms with Gasteiger partial charge in [0.2, 0.25) is 0 Å². The molecule has 1 unspecified atom stereocenters. The molecule has 6 heteroatoms. The second-order valence-corrected chi connectivity index (χ2v) is 4.71. The minimum Gasteiger partial charge on any atom is -0.324 e. The van der Waals surface area contributed by atoms with Crippen molar-refractivity contribution < 1.29 is 4.39 Å². The van der Waals surface area contributed by atoms with E-state index in [4.69, 9.17) is 5.73 Å². The number of hydrogen-bond acceptors (Lipinski definition) is 3. The number of aryl methyl sites for hydroxylation is 1. The lowest BCUT2D eigenvalue weighted by Crippen LogP contribution is -2.14. The fourth-order valence-corrected chi connectivity index (χ4v) is 2.16. The van der Waals surface area contributed by atoms with Crippen molar-refractivity contribution in [2.24, 2.45) is 12.8 Å². The number of halogens is 2. The first-order chi connectivity index (χ1) is 8.06. The van der Waals surface area contributed by atoms with Crippen LogP contribution in [0.2, 0.25) is 0 Å². The topological polar surface area (TPSA) is 56.7 Å². The predicted molar refractivity (Wildman–Crippen MR) is 65.7 cm³/mol. The minimum absolute atomic E-state index is 0.294. The van der Waals surface area contributed by atoms with E-state index in [0.29, 0.717) is 6.42 Å². The minimum atomic E-state index is -0.309. The molecule has 0 aliphatic rings. The molecule has 2 rings (SSSR count). The molecule has 0 radical (unpaired) electrons. The number of rotatable bonds is 3. The average molecular weight is 299 g/mol. The molecule has 0 bridgehead atoms. The number of hydrogen-bond donors (Lipinski definition) is 1. The Hall–Kier alpha value is -1.27. The van der Waals surface area contributed by atoms with Gasteiger partial charge in [-0.3, -0.25) is 4.68 Å². The highest BCUT2D eigenvalue weighted by Gasteiger charge is 2.13. The molecule has 17 heavy (non-hydrogen) atoms. The highest BCUT2D eigenvalue weighted by Crippen LogP contribution is 2.24. The monoisotopic (exact) mass is 298 g/mol. The van der Waals surface area contributed by atoms with Crippen LogP contribution in [0.25, 0.3) is 0 Å². The average Bonchev–Trinajstić information content (AvgIpc) is 2.67. The molecule has 2 aromatic rings. The van der Waals surface area contributed by atoms with Gasteiger partial charge in [-0.1, -0.05) is 21.1 Å². The van der Waals surface area contributed by atoms with Crippen molar-refractivity contribution in [3.63, 3.8) is 0 Å². The summed E-state index contributed by atoms with van der Waals surface area (Å²) in [6.07, 6.45) is 2.32. The van der Waals surface area contributed by atoms with Gasteiger partial charge >= 0.3 is 0 Å². The molecule has 1 atom stereocenters. The number of nitrogens with two attached hydrogens (primary N) is 1. The third-order valence-corrected chi connectivity index (χ3v) is 3.16. The summed E-state index contributed by atoms with van der Waals surface area (Å²) in [5.74, 6) is -0.294. The van der Waals surface area contributed by atoms with Crippen LogP contribution >= 0.6 is 15.9 Å². The van der Waals surface area contributed by atoms with E-state index < -0.39 is 0 Å². The number of benzene rings is 1. The summed E-state index contributed by atoms with van der Waals surface area (Å²) in [5.41, 5.74) is 7.55. The van der Waals surface area contributed by atoms with Gasteiger partial charge in [0.25, 0.3) is 0 Å². The van der Waals surface area contributed by atoms with Gasteiger partial charge in [0, 0.05) is 30.2 Å². The van der Waals surface area contributed by atoms with E-state index in [9.17, 15) is 4.39 Å². The van der Waals surface area contributed by atoms with Crippen LogP contribution in [-0.2, 0) is 13.5 Å². The molecular formula is C11H12BrFN4. The first-order valence-corrected chi connectivity index (χ1v) is 5.91. The van der Waals surface area contributed by atoms with Crippen LogP contribution in [0.15, 0.2) is 28.9 Å². The van der Waals surface area contributed by atoms with E-state index in [1.54, 1.807) is 24.0 Å². The number of nitrogens with zero attached hydrogens (tertiary/aromatic N) is 3. The smallest absolute Gasteiger partial charge is 0.123 e. The molecule has 2 N–H and O–H groups in total. The van der Waals surface area contributed by atoms with E-state index in [1.165, 1.54) is 12.1 Å². The van der Waals surface area contributed by atoms with Crippen molar-refractivity contribution in [1.82, 2.24) is 15.0 Å². The third kappa shape index (κ3) is 2.89. The second-order valence-electron chi connectivity index (χ2n) is 3.86. The van der Waals surface area contributed by atoms with Crippen LogP contribution in [0.3, 0.4) is 0 Å². The van der Waals surface area contributed by atoms with Crippen LogP contribution in [0.5, 0.6) is 0 Å². The van der Waals surface area contributed by atoms with Gasteiger partial charge in [-0.05, 0) is 23.8 Å². The SMILES string of the molecule is Cn1cc(CC(N)c2cc(F)ccc2Br)nn1. The quantitative estimate of drug-likeness (QED) is 0.942. The molecule has 0 saturated heterocycles. The maximum Gasteiger partial charge on any atom is 0.123 e. The molecule has 90 valence electrons. The fraction of sp³-hybridized carbons (Fsp3) is 0.273. The highest BCUT2D eigenvalue weighted by molar-refractivity contribution is 9.10. The summed E-state index contributed by atoms with van der Waals surface area (Å²) in [5, 5.41) is 7.79. The Morgan fingerprint density at radius 2 is 2.29 bits per heavy atom. The predicted octanol–water partition coefficient (Wildman–Crippen LogP) is 1.96. The standard InChI is InChI=1S/C11H12BrFN4/c1-17-6-8(15-16-17)5-11(14)9-4-7(13)2-3-10(9)12/h2-4,6,11H,5,14H2,1H3. The first-order valence-electron chi connectivity index (χ1n) is 5.12. The Morgan fingerprint density at radius 1 is 1.53 bits per heavy atom. The Balaban J connectivity index is 2.19. The molecule has 0 aliphatic carbocycles. The van der Waals surface area contributed by atoms with E-state index in [-0.39, 0.29) is 11.9 Å². The fourth-order valence-electron chi connectivity index (χ4n) is 1.62. The summed E-state index contributed by atoms with van der Waals surface area (Å²) in [6.45, 7) is 0. The Morgan fingerprint density at radius 3 is 2.94 bits per heavy atom. The van der Waals surface area contributed by atoms with Gasteiger partial charge in [-0.25, -0.2) is 4.39 Å². The molecule has 1 heterocycles. The lowest BCUT2D eigenvalue weighted by Gasteiger charge is -2.12. The van der Waals surface area contributed by atoms with E-state index in [0.717, 1.165) is 15.7 Å². The Kier molecular flexibility index (Phi) is 3.54. The summed E-state index contributed by atoms with van der Waals surface area (Å²) in [6, 6.07) is 4.17. The molecule has 0 fully saturated rings. The molecule has 1 aromatic heterocycles. The van der Waals surface area contributed by atoms with Gasteiger partial charge in [0.1, 0.15) is 5.82 Å². The largest absolute Gasteiger partial charge is 0.324 e. The zero-order valence-electron chi connectivity index (χ0n) is 9.27. The maximum absolute atomic E-state index is 13.1. The first kappa shape index (κ1) is 12.2. The van der Waals surface area contributed by atoms with Crippen LogP contribution in [0.4, 0.5) is 4.39 Å². The van der Waals surface area contributed by atoms with Crippen molar-refractivity contribution in [3.05, 3.63) is 45.9 Å². The summed E-state index contributed by atoms with van der Waals surface area (Å²) < 4.78 is 15.6. The van der Waals surface area contributed by atoms with Crippen LogP contribution in [0, 0.1) is 5.82 Å². The van der Waals surface area contributed by atoms with Gasteiger partial charge in [0.15, 0.2) is 0 Å². The van der Waals surface area contributed by atoms with Crippen molar-refractivity contribution in [2.75, 3.05) is 0 Å². The van der Waals surface area contributed by atoms with Gasteiger partial charge < -0.3 is 5.73 Å². The second kappa shape index (κ2) is 4.93. The van der Waals surface area contributed by atoms with Gasteiger partial charge in [-0.2, -0.15) is 0 Å². The van der Waals surface area contributed by atoms with Crippen molar-refractivity contribution in [1.29, 1.82) is 0 Å². The molecule has 4 nitrogen and oxygen atoms in total. The van der Waals surface area contributed by atoms with Crippen molar-refractivity contribution in [3.8, 4) is 0 Å². The van der Waals surface area contributed by atoms with E-state index in [1.807, 2.05) is 0 Å². The van der Waals surface area contributed by atoms with Crippen LogP contribution < -0.4 is 5.73 Å². The van der Waals surface area contributed by atoms with E-state index in [2.05, 4.69) is 26.2 Å². The summed E-state index contributed by atoms with van der Waals surface area (Å²) in [7, 11) is 1.79. The lowest BCUT2D eigenvalue weighted by atomic mass is 10.0. The zero-order valence-corrected chi connectivity index (χ0v) is 10.9. The normalized spacial score (nSPS) is 12.7. The molecule has 0 amide bonds. The maximum atomic E-state index is 13.1. The summed E-state index contributed by atoms with van der Waals surface area (Å²) in [4.78, 5) is 0. The summed E-state index contributed by atoms with van der Waals surface area (Å²) >= 11 is 3.36. The lowest BCUT2D eigenvalue weighted by molar-refractivity contribution is 0.616. The molecule has 0 spiro atoms. The van der Waals surface area contributed by atoms with E-state index >= 15 is 0 Å². The molecule has 0 aliphatic heterocycles. The Bertz CT molecular complexity index is 526. The molecule has 1 aromatic carbocycles. The number of aromatic nitrogens is 3.